The van der Waals surface area contributed by atoms with E-state index < -0.39 is 0 Å². The van der Waals surface area contributed by atoms with Gasteiger partial charge in [0.25, 0.3) is 5.91 Å². The second kappa shape index (κ2) is 8.53. The molecule has 1 aliphatic rings. The summed E-state index contributed by atoms with van der Waals surface area (Å²) in [5.41, 5.74) is 2.73. The molecule has 0 aromatic heterocycles. The number of amides is 1. The summed E-state index contributed by atoms with van der Waals surface area (Å²) >= 11 is 0. The molecule has 3 rings (SSSR count). The summed E-state index contributed by atoms with van der Waals surface area (Å²) in [5, 5.41) is 12.0. The number of hydrogen-bond donors (Lipinski definition) is 1. The Labute approximate surface area is 154 Å². The molecule has 134 valence electrons. The summed E-state index contributed by atoms with van der Waals surface area (Å²) in [6, 6.07) is 17.5. The fourth-order valence-electron chi connectivity index (χ4n) is 3.41. The largest absolute Gasteiger partial charge is 0.484 e. The smallest absolute Gasteiger partial charge is 0.258 e. The minimum atomic E-state index is -0.0556. The molecule has 1 N–H and O–H groups in total. The Bertz CT molecular complexity index is 775. The summed E-state index contributed by atoms with van der Waals surface area (Å²) in [6.45, 7) is 2.24. The normalized spacial score (nSPS) is 19.4. The third-order valence-electron chi connectivity index (χ3n) is 5.03. The average molecular weight is 348 g/mol. The quantitative estimate of drug-likeness (QED) is 0.876. The van der Waals surface area contributed by atoms with Crippen LogP contribution in [0.15, 0.2) is 48.5 Å². The maximum atomic E-state index is 12.1. The standard InChI is InChI=1S/C22H24N2O2/c1-16-4-2-3-5-21(16)24-22(25)15-26-20-12-10-19(11-13-20)18-8-6-17(14-23)7-9-18/h6-13,16,21H,2-5,15H2,1H3,(H,24,25)/t16-,21-/m0/s1. The molecule has 2 aromatic carbocycles. The molecule has 0 heterocycles. The van der Waals surface area contributed by atoms with Crippen LogP contribution in [0.1, 0.15) is 38.2 Å². The lowest BCUT2D eigenvalue weighted by Gasteiger charge is -2.29. The van der Waals surface area contributed by atoms with Gasteiger partial charge in [-0.1, -0.05) is 44.0 Å². The van der Waals surface area contributed by atoms with Crippen molar-refractivity contribution in [3.8, 4) is 22.9 Å². The van der Waals surface area contributed by atoms with Gasteiger partial charge in [0, 0.05) is 6.04 Å². The van der Waals surface area contributed by atoms with Gasteiger partial charge in [0.15, 0.2) is 6.61 Å². The Balaban J connectivity index is 1.52. The Morgan fingerprint density at radius 1 is 1.08 bits per heavy atom. The second-order valence-corrected chi connectivity index (χ2v) is 6.94. The Morgan fingerprint density at radius 3 is 2.31 bits per heavy atom. The first kappa shape index (κ1) is 18.0. The minimum Gasteiger partial charge on any atom is -0.484 e. The van der Waals surface area contributed by atoms with E-state index in [1.54, 1.807) is 12.1 Å². The molecule has 2 aromatic rings. The highest BCUT2D eigenvalue weighted by Gasteiger charge is 2.22. The van der Waals surface area contributed by atoms with Crippen LogP contribution >= 0.6 is 0 Å². The van der Waals surface area contributed by atoms with Gasteiger partial charge in [-0.2, -0.15) is 5.26 Å². The topological polar surface area (TPSA) is 62.1 Å². The predicted molar refractivity (Wildman–Crippen MR) is 102 cm³/mol. The van der Waals surface area contributed by atoms with Gasteiger partial charge >= 0.3 is 0 Å². The lowest BCUT2D eigenvalue weighted by molar-refractivity contribution is -0.124. The predicted octanol–water partition coefficient (Wildman–Crippen LogP) is 4.30. The molecule has 0 spiro atoms. The molecule has 1 amide bonds. The van der Waals surface area contributed by atoms with Crippen molar-refractivity contribution in [3.05, 3.63) is 54.1 Å². The highest BCUT2D eigenvalue weighted by atomic mass is 16.5. The summed E-state index contributed by atoms with van der Waals surface area (Å²) in [6.07, 6.45) is 4.69. The van der Waals surface area contributed by atoms with E-state index in [-0.39, 0.29) is 18.6 Å². The minimum absolute atomic E-state index is 0.0411. The van der Waals surface area contributed by atoms with Crippen LogP contribution in [0.25, 0.3) is 11.1 Å². The highest BCUT2D eigenvalue weighted by molar-refractivity contribution is 5.78. The average Bonchev–Trinajstić information content (AvgIpc) is 2.69. The third kappa shape index (κ3) is 4.64. The maximum Gasteiger partial charge on any atom is 0.258 e. The molecule has 1 saturated carbocycles. The summed E-state index contributed by atoms with van der Waals surface area (Å²) in [7, 11) is 0. The van der Waals surface area contributed by atoms with Crippen molar-refractivity contribution >= 4 is 5.91 Å². The second-order valence-electron chi connectivity index (χ2n) is 6.94. The lowest BCUT2D eigenvalue weighted by Crippen LogP contribution is -2.43. The number of ether oxygens (including phenoxy) is 1. The van der Waals surface area contributed by atoms with Gasteiger partial charge in [-0.15, -0.1) is 0 Å². The molecule has 1 fully saturated rings. The first-order valence-corrected chi connectivity index (χ1v) is 9.18. The van der Waals surface area contributed by atoms with Gasteiger partial charge in [0.1, 0.15) is 5.75 Å². The monoisotopic (exact) mass is 348 g/mol. The van der Waals surface area contributed by atoms with Crippen LogP contribution in [-0.2, 0) is 4.79 Å². The first-order valence-electron chi connectivity index (χ1n) is 9.18. The molecular weight excluding hydrogens is 324 g/mol. The number of carbonyl (C=O) groups is 1. The van der Waals surface area contributed by atoms with Crippen LogP contribution < -0.4 is 10.1 Å². The fourth-order valence-corrected chi connectivity index (χ4v) is 3.41. The van der Waals surface area contributed by atoms with Crippen molar-refractivity contribution in [2.45, 2.75) is 38.6 Å². The number of nitrogens with zero attached hydrogens (tertiary/aromatic N) is 1. The highest BCUT2D eigenvalue weighted by Crippen LogP contribution is 2.24. The van der Waals surface area contributed by atoms with Crippen LogP contribution in [0.2, 0.25) is 0 Å². The molecule has 0 aliphatic heterocycles. The third-order valence-corrected chi connectivity index (χ3v) is 5.03. The Hall–Kier alpha value is -2.80. The molecule has 2 atom stereocenters. The molecule has 4 heteroatoms. The number of hydrogen-bond acceptors (Lipinski definition) is 3. The Kier molecular flexibility index (Phi) is 5.91. The molecule has 0 unspecified atom stereocenters. The SMILES string of the molecule is C[C@H]1CCCC[C@@H]1NC(=O)COc1ccc(-c2ccc(C#N)cc2)cc1. The van der Waals surface area contributed by atoms with E-state index in [4.69, 9.17) is 10.00 Å². The molecule has 0 bridgehead atoms. The van der Waals surface area contributed by atoms with Crippen LogP contribution in [0.3, 0.4) is 0 Å². The fraction of sp³-hybridized carbons (Fsp3) is 0.364. The van der Waals surface area contributed by atoms with Crippen molar-refractivity contribution in [2.75, 3.05) is 6.61 Å². The van der Waals surface area contributed by atoms with E-state index in [0.29, 0.717) is 17.2 Å². The molecular formula is C22H24N2O2. The molecule has 26 heavy (non-hydrogen) atoms. The van der Waals surface area contributed by atoms with Crippen molar-refractivity contribution in [1.29, 1.82) is 5.26 Å². The number of nitrogens with one attached hydrogen (secondary N) is 1. The van der Waals surface area contributed by atoms with Gasteiger partial charge < -0.3 is 10.1 Å². The van der Waals surface area contributed by atoms with Crippen molar-refractivity contribution in [1.82, 2.24) is 5.32 Å². The van der Waals surface area contributed by atoms with Crippen LogP contribution in [-0.4, -0.2) is 18.6 Å². The van der Waals surface area contributed by atoms with E-state index in [9.17, 15) is 4.79 Å². The van der Waals surface area contributed by atoms with E-state index in [2.05, 4.69) is 18.3 Å². The number of carbonyl (C=O) groups excluding carboxylic acids is 1. The number of benzene rings is 2. The van der Waals surface area contributed by atoms with Gasteiger partial charge in [-0.3, -0.25) is 4.79 Å². The van der Waals surface area contributed by atoms with Crippen LogP contribution in [0.4, 0.5) is 0 Å². The van der Waals surface area contributed by atoms with Crippen molar-refractivity contribution < 1.29 is 9.53 Å². The van der Waals surface area contributed by atoms with Crippen molar-refractivity contribution in [2.24, 2.45) is 5.92 Å². The van der Waals surface area contributed by atoms with Gasteiger partial charge in [0.2, 0.25) is 0 Å². The zero-order valence-electron chi connectivity index (χ0n) is 15.1. The van der Waals surface area contributed by atoms with E-state index in [1.807, 2.05) is 36.4 Å². The zero-order chi connectivity index (χ0) is 18.4. The lowest BCUT2D eigenvalue weighted by atomic mass is 9.86. The van der Waals surface area contributed by atoms with E-state index in [1.165, 1.54) is 19.3 Å². The maximum absolute atomic E-state index is 12.1. The molecule has 0 saturated heterocycles. The number of rotatable bonds is 5. The summed E-state index contributed by atoms with van der Waals surface area (Å²) < 4.78 is 5.62. The number of nitriles is 1. The first-order chi connectivity index (χ1) is 12.7. The van der Waals surface area contributed by atoms with Gasteiger partial charge in [-0.05, 0) is 54.2 Å². The van der Waals surface area contributed by atoms with E-state index >= 15 is 0 Å². The van der Waals surface area contributed by atoms with E-state index in [0.717, 1.165) is 17.5 Å². The Morgan fingerprint density at radius 2 is 1.69 bits per heavy atom. The van der Waals surface area contributed by atoms with Gasteiger partial charge in [0.05, 0.1) is 11.6 Å². The summed E-state index contributed by atoms with van der Waals surface area (Å²) in [5.74, 6) is 1.16. The van der Waals surface area contributed by atoms with Gasteiger partial charge in [-0.25, -0.2) is 0 Å². The van der Waals surface area contributed by atoms with Crippen LogP contribution in [0, 0.1) is 17.2 Å². The molecule has 4 nitrogen and oxygen atoms in total. The summed E-state index contributed by atoms with van der Waals surface area (Å²) in [4.78, 5) is 12.1. The molecule has 0 radical (unpaired) electrons. The van der Waals surface area contributed by atoms with Crippen LogP contribution in [0.5, 0.6) is 5.75 Å². The molecule has 1 aliphatic carbocycles. The zero-order valence-corrected chi connectivity index (χ0v) is 15.1. The van der Waals surface area contributed by atoms with Crippen molar-refractivity contribution in [3.63, 3.8) is 0 Å².